The molecule has 0 fully saturated rings. The molecule has 130 valence electrons. The predicted octanol–water partition coefficient (Wildman–Crippen LogP) is 4.24. The predicted molar refractivity (Wildman–Crippen MR) is 101 cm³/mol. The van der Waals surface area contributed by atoms with Crippen LogP contribution in [0.2, 0.25) is 0 Å². The minimum atomic E-state index is 0.0290. The lowest BCUT2D eigenvalue weighted by molar-refractivity contribution is -0.116. The number of ether oxygens (including phenoxy) is 2. The van der Waals surface area contributed by atoms with Crippen LogP contribution in [0.4, 0.5) is 5.69 Å². The monoisotopic (exact) mass is 345 g/mol. The maximum absolute atomic E-state index is 12.5. The molecule has 1 N–H and O–H groups in total. The summed E-state index contributed by atoms with van der Waals surface area (Å²) in [5.74, 6) is 1.56. The normalized spacial score (nSPS) is 14.0. The molecule has 0 spiro atoms. The van der Waals surface area contributed by atoms with Gasteiger partial charge in [-0.25, -0.2) is 0 Å². The molecule has 0 bridgehead atoms. The zero-order chi connectivity index (χ0) is 17.5. The molecule has 5 rings (SSSR count). The summed E-state index contributed by atoms with van der Waals surface area (Å²) in [4.78, 5) is 12.5. The Balaban J connectivity index is 1.31. The summed E-state index contributed by atoms with van der Waals surface area (Å²) in [6.45, 7) is 0.268. The van der Waals surface area contributed by atoms with Crippen molar-refractivity contribution in [2.24, 2.45) is 0 Å². The number of rotatable bonds is 4. The fourth-order valence-corrected chi connectivity index (χ4v) is 3.92. The van der Waals surface area contributed by atoms with Crippen molar-refractivity contribution in [2.75, 3.05) is 12.1 Å². The van der Waals surface area contributed by atoms with E-state index in [1.54, 1.807) is 0 Å². The first-order chi connectivity index (χ1) is 12.8. The third kappa shape index (κ3) is 2.58. The number of anilines is 1. The van der Waals surface area contributed by atoms with Crippen molar-refractivity contribution in [3.63, 3.8) is 0 Å². The minimum Gasteiger partial charge on any atom is -0.454 e. The van der Waals surface area contributed by atoms with Gasteiger partial charge in [0.05, 0.1) is 0 Å². The van der Waals surface area contributed by atoms with Gasteiger partial charge in [-0.15, -0.1) is 0 Å². The molecular weight excluding hydrogens is 326 g/mol. The third-order valence-corrected chi connectivity index (χ3v) is 5.23. The molecule has 0 aromatic heterocycles. The molecule has 4 nitrogen and oxygen atoms in total. The second-order valence-electron chi connectivity index (χ2n) is 6.85. The Morgan fingerprint density at radius 3 is 2.73 bits per heavy atom. The Kier molecular flexibility index (Phi) is 3.56. The molecule has 1 heterocycles. The summed E-state index contributed by atoms with van der Waals surface area (Å²) in [5, 5.41) is 5.56. The van der Waals surface area contributed by atoms with Gasteiger partial charge in [-0.05, 0) is 59.5 Å². The lowest BCUT2D eigenvalue weighted by atomic mass is 10.0. The minimum absolute atomic E-state index is 0.0290. The van der Waals surface area contributed by atoms with Gasteiger partial charge in [-0.1, -0.05) is 30.3 Å². The maximum Gasteiger partial charge on any atom is 0.231 e. The van der Waals surface area contributed by atoms with Crippen molar-refractivity contribution in [3.8, 4) is 11.5 Å². The Bertz CT molecular complexity index is 1020. The van der Waals surface area contributed by atoms with Crippen molar-refractivity contribution in [3.05, 3.63) is 65.2 Å². The molecule has 2 aliphatic rings. The van der Waals surface area contributed by atoms with E-state index in [1.165, 1.54) is 16.5 Å². The molecule has 4 heteroatoms. The summed E-state index contributed by atoms with van der Waals surface area (Å²) in [5.41, 5.74) is 4.75. The fourth-order valence-electron chi connectivity index (χ4n) is 3.92. The molecule has 1 aliphatic heterocycles. The van der Waals surface area contributed by atoms with E-state index in [0.29, 0.717) is 12.8 Å². The number of carbonyl (C=O) groups is 1. The van der Waals surface area contributed by atoms with E-state index >= 15 is 0 Å². The van der Waals surface area contributed by atoms with Crippen LogP contribution < -0.4 is 14.8 Å². The first-order valence-corrected chi connectivity index (χ1v) is 9.00. The zero-order valence-corrected chi connectivity index (χ0v) is 14.4. The first kappa shape index (κ1) is 15.3. The van der Waals surface area contributed by atoms with Gasteiger partial charge in [-0.2, -0.15) is 0 Å². The molecular formula is C22H19NO3. The average Bonchev–Trinajstić information content (AvgIpc) is 3.30. The molecule has 0 atom stereocenters. The van der Waals surface area contributed by atoms with Crippen LogP contribution in [-0.4, -0.2) is 12.7 Å². The van der Waals surface area contributed by atoms with Gasteiger partial charge in [0.15, 0.2) is 11.5 Å². The maximum atomic E-state index is 12.5. The van der Waals surface area contributed by atoms with Gasteiger partial charge in [0.2, 0.25) is 12.7 Å². The van der Waals surface area contributed by atoms with Crippen LogP contribution in [0.25, 0.3) is 10.8 Å². The van der Waals surface area contributed by atoms with Crippen LogP contribution in [0.3, 0.4) is 0 Å². The number of fused-ring (bicyclic) bond motifs is 1. The van der Waals surface area contributed by atoms with Crippen LogP contribution in [0, 0.1) is 0 Å². The number of carbonyl (C=O) groups excluding carboxylic acids is 1. The van der Waals surface area contributed by atoms with E-state index in [9.17, 15) is 4.79 Å². The molecule has 1 amide bonds. The Hall–Kier alpha value is -3.01. The summed E-state index contributed by atoms with van der Waals surface area (Å²) in [6, 6.07) is 16.4. The second-order valence-corrected chi connectivity index (χ2v) is 6.85. The van der Waals surface area contributed by atoms with Crippen molar-refractivity contribution in [1.29, 1.82) is 0 Å². The van der Waals surface area contributed by atoms with E-state index in [0.717, 1.165) is 41.0 Å². The lowest BCUT2D eigenvalue weighted by Crippen LogP contribution is -2.12. The average molecular weight is 345 g/mol. The molecule has 1 aliphatic carbocycles. The zero-order valence-electron chi connectivity index (χ0n) is 14.4. The van der Waals surface area contributed by atoms with Crippen LogP contribution in [0.5, 0.6) is 11.5 Å². The van der Waals surface area contributed by atoms with Crippen LogP contribution in [-0.2, 0) is 24.1 Å². The van der Waals surface area contributed by atoms with Gasteiger partial charge in [0.25, 0.3) is 0 Å². The van der Waals surface area contributed by atoms with Crippen LogP contribution >= 0.6 is 0 Å². The largest absolute Gasteiger partial charge is 0.454 e. The van der Waals surface area contributed by atoms with Crippen molar-refractivity contribution >= 4 is 22.4 Å². The first-order valence-electron chi connectivity index (χ1n) is 9.00. The number of hydrogen-bond acceptors (Lipinski definition) is 3. The molecule has 3 aromatic carbocycles. The summed E-state index contributed by atoms with van der Waals surface area (Å²) in [7, 11) is 0. The topological polar surface area (TPSA) is 47.6 Å². The molecule has 0 saturated heterocycles. The number of benzene rings is 3. The number of nitrogens with one attached hydrogen (secondary N) is 1. The highest BCUT2D eigenvalue weighted by molar-refractivity contribution is 6.05. The Labute approximate surface area is 151 Å². The van der Waals surface area contributed by atoms with Crippen LogP contribution in [0.1, 0.15) is 23.1 Å². The van der Waals surface area contributed by atoms with E-state index in [1.807, 2.05) is 24.3 Å². The Morgan fingerprint density at radius 1 is 0.962 bits per heavy atom. The van der Waals surface area contributed by atoms with E-state index in [-0.39, 0.29) is 12.7 Å². The standard InChI is InChI=1S/C22H19NO3/c24-21(11-5-14-4-10-19-20(12-14)26-13-25-19)23-18-9-8-16-7-6-15-2-1-3-17(18)22(15)16/h1-4,8-10,12H,5-7,11,13H2,(H,23,24). The van der Waals surface area contributed by atoms with E-state index in [4.69, 9.17) is 9.47 Å². The van der Waals surface area contributed by atoms with Gasteiger partial charge in [-0.3, -0.25) is 4.79 Å². The number of amides is 1. The second kappa shape index (κ2) is 6.06. The molecule has 26 heavy (non-hydrogen) atoms. The van der Waals surface area contributed by atoms with E-state index in [2.05, 4.69) is 29.6 Å². The van der Waals surface area contributed by atoms with Crippen molar-refractivity contribution in [1.82, 2.24) is 0 Å². The van der Waals surface area contributed by atoms with E-state index < -0.39 is 0 Å². The van der Waals surface area contributed by atoms with Crippen LogP contribution in [0.15, 0.2) is 48.5 Å². The van der Waals surface area contributed by atoms with Gasteiger partial charge < -0.3 is 14.8 Å². The van der Waals surface area contributed by atoms with Gasteiger partial charge >= 0.3 is 0 Å². The highest BCUT2D eigenvalue weighted by atomic mass is 16.7. The molecule has 0 unspecified atom stereocenters. The molecule has 0 radical (unpaired) electrons. The van der Waals surface area contributed by atoms with Crippen molar-refractivity contribution in [2.45, 2.75) is 25.7 Å². The molecule has 0 saturated carbocycles. The fraction of sp³-hybridized carbons (Fsp3) is 0.227. The van der Waals surface area contributed by atoms with Crippen molar-refractivity contribution < 1.29 is 14.3 Å². The summed E-state index contributed by atoms with van der Waals surface area (Å²) in [6.07, 6.45) is 3.29. The smallest absolute Gasteiger partial charge is 0.231 e. The summed E-state index contributed by atoms with van der Waals surface area (Å²) >= 11 is 0. The SMILES string of the molecule is O=C(CCc1ccc2c(c1)OCO2)Nc1ccc2c3c(cccc13)CC2. The third-order valence-electron chi connectivity index (χ3n) is 5.23. The summed E-state index contributed by atoms with van der Waals surface area (Å²) < 4.78 is 10.7. The van der Waals surface area contributed by atoms with Gasteiger partial charge in [0, 0.05) is 17.5 Å². The quantitative estimate of drug-likeness (QED) is 0.769. The molecule has 3 aromatic rings. The highest BCUT2D eigenvalue weighted by Gasteiger charge is 2.17. The lowest BCUT2D eigenvalue weighted by Gasteiger charge is -2.11. The number of hydrogen-bond donors (Lipinski definition) is 1. The number of aryl methyl sites for hydroxylation is 3. The van der Waals surface area contributed by atoms with Gasteiger partial charge in [0.1, 0.15) is 0 Å². The Morgan fingerprint density at radius 2 is 1.81 bits per heavy atom. The highest BCUT2D eigenvalue weighted by Crippen LogP contribution is 2.35.